The van der Waals surface area contributed by atoms with Gasteiger partial charge in [-0.15, -0.1) is 11.3 Å². The van der Waals surface area contributed by atoms with Crippen molar-refractivity contribution in [3.63, 3.8) is 0 Å². The molecule has 2 aliphatic rings. The molecule has 256 valence electrons. The summed E-state index contributed by atoms with van der Waals surface area (Å²) in [6, 6.07) is 70.1. The second-order valence-corrected chi connectivity index (χ2v) is 16.2. The van der Waals surface area contributed by atoms with E-state index < -0.39 is 0 Å². The van der Waals surface area contributed by atoms with Gasteiger partial charge in [0.1, 0.15) is 0 Å². The Bertz CT molecular complexity index is 2920. The van der Waals surface area contributed by atoms with Crippen molar-refractivity contribution in [2.24, 2.45) is 0 Å². The first-order valence-electron chi connectivity index (χ1n) is 18.9. The number of thiophene rings is 1. The van der Waals surface area contributed by atoms with E-state index in [0.29, 0.717) is 0 Å². The molecule has 1 aromatic heterocycles. The lowest BCUT2D eigenvalue weighted by molar-refractivity contribution is 0.713. The molecule has 9 aromatic rings. The van der Waals surface area contributed by atoms with E-state index in [0.717, 1.165) is 11.4 Å². The van der Waals surface area contributed by atoms with Gasteiger partial charge >= 0.3 is 0 Å². The van der Waals surface area contributed by atoms with Gasteiger partial charge in [0, 0.05) is 47.9 Å². The predicted octanol–water partition coefficient (Wildman–Crippen LogP) is 14.2. The average Bonchev–Trinajstić information content (AvgIpc) is 3.83. The van der Waals surface area contributed by atoms with Crippen LogP contribution in [0.25, 0.3) is 42.4 Å². The van der Waals surface area contributed by atoms with E-state index in [2.05, 4.69) is 207 Å². The summed E-state index contributed by atoms with van der Waals surface area (Å²) in [6.07, 6.45) is 0. The van der Waals surface area contributed by atoms with Crippen LogP contribution in [0.5, 0.6) is 0 Å². The number of fused-ring (bicyclic) bond motifs is 9. The highest BCUT2D eigenvalue weighted by molar-refractivity contribution is 7.25. The Morgan fingerprint density at radius 1 is 0.389 bits per heavy atom. The summed E-state index contributed by atoms with van der Waals surface area (Å²) in [5.41, 5.74) is 16.1. The van der Waals surface area contributed by atoms with Gasteiger partial charge in [0.05, 0.1) is 5.69 Å². The minimum atomic E-state index is -0.295. The molecule has 2 unspecified atom stereocenters. The Balaban J connectivity index is 1.19. The number of rotatable bonds is 5. The van der Waals surface area contributed by atoms with Crippen LogP contribution in [0.15, 0.2) is 188 Å². The van der Waals surface area contributed by atoms with Gasteiger partial charge < -0.3 is 4.90 Å². The van der Waals surface area contributed by atoms with Crippen LogP contribution in [0.3, 0.4) is 0 Å². The molecule has 0 N–H and O–H groups in total. The maximum absolute atomic E-state index is 2.53. The average molecular weight is 708 g/mol. The van der Waals surface area contributed by atoms with Gasteiger partial charge in [0.25, 0.3) is 0 Å². The van der Waals surface area contributed by atoms with E-state index in [1.807, 2.05) is 11.3 Å². The molecular weight excluding hydrogens is 671 g/mol. The topological polar surface area (TPSA) is 3.24 Å². The van der Waals surface area contributed by atoms with Crippen molar-refractivity contribution >= 4 is 48.6 Å². The molecule has 0 bridgehead atoms. The van der Waals surface area contributed by atoms with Crippen LogP contribution in [0.2, 0.25) is 0 Å². The van der Waals surface area contributed by atoms with Crippen LogP contribution < -0.4 is 4.90 Å². The van der Waals surface area contributed by atoms with Crippen molar-refractivity contribution in [3.8, 4) is 22.3 Å². The molecule has 2 aliphatic carbocycles. The van der Waals surface area contributed by atoms with Crippen molar-refractivity contribution in [3.05, 3.63) is 221 Å². The molecule has 0 aliphatic heterocycles. The van der Waals surface area contributed by atoms with Crippen molar-refractivity contribution in [2.75, 3.05) is 4.90 Å². The minimum Gasteiger partial charge on any atom is -0.310 e. The zero-order valence-corrected chi connectivity index (χ0v) is 31.1. The Morgan fingerprint density at radius 2 is 0.926 bits per heavy atom. The SMILES string of the molecule is CC1(c2ccccc2)c2ccccc2-c2cc(N(c3ccc4sc5ccccc5c4c3)c3cccc4c3-c3ccccc3C4(C)c3ccccc3)ccc21. The Kier molecular flexibility index (Phi) is 6.75. The van der Waals surface area contributed by atoms with Gasteiger partial charge in [-0.25, -0.2) is 0 Å². The van der Waals surface area contributed by atoms with E-state index in [9.17, 15) is 0 Å². The molecule has 0 radical (unpaired) electrons. The summed E-state index contributed by atoms with van der Waals surface area (Å²) in [7, 11) is 0. The number of nitrogens with zero attached hydrogens (tertiary/aromatic N) is 1. The minimum absolute atomic E-state index is 0.254. The molecule has 0 saturated heterocycles. The maximum Gasteiger partial charge on any atom is 0.0543 e. The summed E-state index contributed by atoms with van der Waals surface area (Å²) in [5, 5.41) is 2.60. The first kappa shape index (κ1) is 31.3. The van der Waals surface area contributed by atoms with E-state index in [4.69, 9.17) is 0 Å². The highest BCUT2D eigenvalue weighted by Gasteiger charge is 2.43. The summed E-state index contributed by atoms with van der Waals surface area (Å²) < 4.78 is 2.63. The second kappa shape index (κ2) is 11.6. The van der Waals surface area contributed by atoms with Gasteiger partial charge in [-0.1, -0.05) is 146 Å². The van der Waals surface area contributed by atoms with Gasteiger partial charge in [0.15, 0.2) is 0 Å². The first-order chi connectivity index (χ1) is 26.5. The van der Waals surface area contributed by atoms with E-state index in [1.54, 1.807) is 0 Å². The van der Waals surface area contributed by atoms with Crippen LogP contribution in [0.4, 0.5) is 17.1 Å². The third-order valence-electron chi connectivity index (χ3n) is 12.4. The monoisotopic (exact) mass is 707 g/mol. The van der Waals surface area contributed by atoms with Gasteiger partial charge in [-0.05, 0) is 106 Å². The number of benzene rings is 8. The van der Waals surface area contributed by atoms with Crippen LogP contribution in [-0.2, 0) is 10.8 Å². The highest BCUT2D eigenvalue weighted by atomic mass is 32.1. The third-order valence-corrected chi connectivity index (χ3v) is 13.6. The summed E-state index contributed by atoms with van der Waals surface area (Å²) in [4.78, 5) is 2.53. The zero-order valence-electron chi connectivity index (χ0n) is 30.3. The summed E-state index contributed by atoms with van der Waals surface area (Å²) in [5.74, 6) is 0. The fourth-order valence-corrected chi connectivity index (χ4v) is 10.9. The molecular formula is C52H37NS. The molecule has 0 amide bonds. The molecule has 1 nitrogen and oxygen atoms in total. The van der Waals surface area contributed by atoms with Crippen LogP contribution in [-0.4, -0.2) is 0 Å². The molecule has 0 spiro atoms. The Hall–Kier alpha value is -6.22. The second-order valence-electron chi connectivity index (χ2n) is 15.1. The fourth-order valence-electron chi connectivity index (χ4n) is 9.78. The summed E-state index contributed by atoms with van der Waals surface area (Å²) in [6.45, 7) is 4.80. The molecule has 2 atom stereocenters. The van der Waals surface area contributed by atoms with Gasteiger partial charge in [0.2, 0.25) is 0 Å². The van der Waals surface area contributed by atoms with E-state index in [1.165, 1.54) is 81.5 Å². The molecule has 2 heteroatoms. The largest absolute Gasteiger partial charge is 0.310 e. The number of hydrogen-bond donors (Lipinski definition) is 0. The maximum atomic E-state index is 2.53. The molecule has 11 rings (SSSR count). The Labute approximate surface area is 320 Å². The van der Waals surface area contributed by atoms with Gasteiger partial charge in [-0.3, -0.25) is 0 Å². The standard InChI is InChI=1S/C52H37NS/c1-51(34-16-5-3-6-17-34)43-23-12-9-20-38(43)41-32-36(28-30-45(41)51)53(37-29-31-49-42(33-37)39-21-11-14-27-48(39)54-49)47-26-15-25-46-50(47)40-22-10-13-24-44(40)52(46,2)35-18-7-4-8-19-35/h3-33H,1-2H3. The quantitative estimate of drug-likeness (QED) is 0.172. The smallest absolute Gasteiger partial charge is 0.0543 e. The third kappa shape index (κ3) is 4.26. The van der Waals surface area contributed by atoms with Crippen molar-refractivity contribution < 1.29 is 0 Å². The molecule has 0 fully saturated rings. The first-order valence-corrected chi connectivity index (χ1v) is 19.7. The fraction of sp³-hybridized carbons (Fsp3) is 0.0769. The van der Waals surface area contributed by atoms with E-state index >= 15 is 0 Å². The lowest BCUT2D eigenvalue weighted by Gasteiger charge is -2.31. The van der Waals surface area contributed by atoms with Crippen molar-refractivity contribution in [2.45, 2.75) is 24.7 Å². The molecule has 0 saturated carbocycles. The predicted molar refractivity (Wildman–Crippen MR) is 229 cm³/mol. The van der Waals surface area contributed by atoms with Gasteiger partial charge in [-0.2, -0.15) is 0 Å². The highest BCUT2D eigenvalue weighted by Crippen LogP contribution is 2.58. The van der Waals surface area contributed by atoms with Crippen LogP contribution in [0, 0.1) is 0 Å². The molecule has 8 aromatic carbocycles. The normalized spacial score (nSPS) is 18.0. The van der Waals surface area contributed by atoms with Crippen LogP contribution >= 0.6 is 11.3 Å². The number of anilines is 3. The lowest BCUT2D eigenvalue weighted by atomic mass is 9.74. The molecule has 1 heterocycles. The lowest BCUT2D eigenvalue weighted by Crippen LogP contribution is -2.22. The van der Waals surface area contributed by atoms with Crippen molar-refractivity contribution in [1.29, 1.82) is 0 Å². The van der Waals surface area contributed by atoms with Crippen LogP contribution in [0.1, 0.15) is 47.2 Å². The summed E-state index contributed by atoms with van der Waals surface area (Å²) >= 11 is 1.87. The van der Waals surface area contributed by atoms with Crippen molar-refractivity contribution in [1.82, 2.24) is 0 Å². The Morgan fingerprint density at radius 3 is 1.69 bits per heavy atom. The number of hydrogen-bond acceptors (Lipinski definition) is 2. The molecule has 54 heavy (non-hydrogen) atoms. The van der Waals surface area contributed by atoms with E-state index in [-0.39, 0.29) is 10.8 Å². The zero-order chi connectivity index (χ0) is 36.0.